The number of methoxy groups -OCH3 is 1. The lowest BCUT2D eigenvalue weighted by atomic mass is 9.94. The van der Waals surface area contributed by atoms with Crippen LogP contribution in [0.3, 0.4) is 0 Å². The van der Waals surface area contributed by atoms with Crippen LogP contribution in [0.4, 0.5) is 5.69 Å². The van der Waals surface area contributed by atoms with Gasteiger partial charge in [-0.25, -0.2) is 4.79 Å². The van der Waals surface area contributed by atoms with Gasteiger partial charge in [0.15, 0.2) is 0 Å². The molecule has 0 fully saturated rings. The van der Waals surface area contributed by atoms with Gasteiger partial charge >= 0.3 is 5.97 Å². The van der Waals surface area contributed by atoms with Crippen molar-refractivity contribution in [1.29, 1.82) is 0 Å². The molecule has 106 valence electrons. The van der Waals surface area contributed by atoms with Crippen molar-refractivity contribution in [3.8, 4) is 5.75 Å². The Morgan fingerprint density at radius 2 is 1.95 bits per heavy atom. The molecule has 0 amide bonds. The van der Waals surface area contributed by atoms with E-state index in [1.54, 1.807) is 14.0 Å². The summed E-state index contributed by atoms with van der Waals surface area (Å²) in [6.07, 6.45) is 3.65. The summed E-state index contributed by atoms with van der Waals surface area (Å²) in [6, 6.07) is 7.30. The van der Waals surface area contributed by atoms with Gasteiger partial charge in [-0.3, -0.25) is 0 Å². The van der Waals surface area contributed by atoms with Crippen LogP contribution in [0.25, 0.3) is 0 Å². The van der Waals surface area contributed by atoms with Crippen LogP contribution in [0.1, 0.15) is 39.5 Å². The molecule has 0 aliphatic carbocycles. The van der Waals surface area contributed by atoms with Crippen LogP contribution in [0, 0.1) is 0 Å². The Morgan fingerprint density at radius 3 is 2.42 bits per heavy atom. The van der Waals surface area contributed by atoms with Crippen molar-refractivity contribution in [3.05, 3.63) is 24.3 Å². The molecule has 1 aromatic rings. The van der Waals surface area contributed by atoms with Crippen molar-refractivity contribution in [2.75, 3.05) is 12.4 Å². The fourth-order valence-electron chi connectivity index (χ4n) is 1.94. The number of carboxylic acids is 1. The minimum Gasteiger partial charge on any atom is -0.497 e. The third-order valence-corrected chi connectivity index (χ3v) is 3.26. The molecule has 1 rings (SSSR count). The van der Waals surface area contributed by atoms with E-state index in [-0.39, 0.29) is 0 Å². The molecule has 19 heavy (non-hydrogen) atoms. The normalized spacial score (nSPS) is 13.6. The number of benzene rings is 1. The maximum absolute atomic E-state index is 11.5. The highest BCUT2D eigenvalue weighted by molar-refractivity contribution is 5.82. The number of carboxylic acid groups (broad SMARTS) is 1. The summed E-state index contributed by atoms with van der Waals surface area (Å²) in [6.45, 7) is 3.84. The maximum Gasteiger partial charge on any atom is 0.329 e. The van der Waals surface area contributed by atoms with E-state index in [1.165, 1.54) is 0 Å². The van der Waals surface area contributed by atoms with E-state index in [4.69, 9.17) is 4.74 Å². The first-order valence-corrected chi connectivity index (χ1v) is 6.67. The SMILES string of the molecule is CCCCCC(C)(Nc1ccc(OC)cc1)C(=O)O. The second kappa shape index (κ2) is 7.02. The average Bonchev–Trinajstić information content (AvgIpc) is 2.40. The van der Waals surface area contributed by atoms with Crippen molar-refractivity contribution < 1.29 is 14.6 Å². The molecule has 0 heterocycles. The largest absolute Gasteiger partial charge is 0.497 e. The summed E-state index contributed by atoms with van der Waals surface area (Å²) in [5.41, 5.74) is -0.133. The summed E-state index contributed by atoms with van der Waals surface area (Å²) >= 11 is 0. The van der Waals surface area contributed by atoms with E-state index < -0.39 is 11.5 Å². The highest BCUT2D eigenvalue weighted by Crippen LogP contribution is 2.23. The first-order chi connectivity index (χ1) is 9.01. The fraction of sp³-hybridized carbons (Fsp3) is 0.533. The van der Waals surface area contributed by atoms with Crippen molar-refractivity contribution in [2.24, 2.45) is 0 Å². The maximum atomic E-state index is 11.5. The van der Waals surface area contributed by atoms with Crippen molar-refractivity contribution >= 4 is 11.7 Å². The lowest BCUT2D eigenvalue weighted by Crippen LogP contribution is -2.43. The summed E-state index contributed by atoms with van der Waals surface area (Å²) in [4.78, 5) is 11.5. The molecule has 0 spiro atoms. The molecular formula is C15H23NO3. The van der Waals surface area contributed by atoms with Crippen LogP contribution >= 0.6 is 0 Å². The van der Waals surface area contributed by atoms with Gasteiger partial charge in [-0.05, 0) is 37.6 Å². The minimum atomic E-state index is -0.927. The highest BCUT2D eigenvalue weighted by Gasteiger charge is 2.32. The number of nitrogens with one attached hydrogen (secondary N) is 1. The lowest BCUT2D eigenvalue weighted by Gasteiger charge is -2.27. The monoisotopic (exact) mass is 265 g/mol. The first kappa shape index (κ1) is 15.3. The van der Waals surface area contributed by atoms with Crippen molar-refractivity contribution in [2.45, 2.75) is 45.1 Å². The van der Waals surface area contributed by atoms with E-state index >= 15 is 0 Å². The Bertz CT molecular complexity index is 402. The van der Waals surface area contributed by atoms with Crippen molar-refractivity contribution in [3.63, 3.8) is 0 Å². The van der Waals surface area contributed by atoms with Crippen LogP contribution in [-0.2, 0) is 4.79 Å². The van der Waals surface area contributed by atoms with Crippen LogP contribution in [-0.4, -0.2) is 23.7 Å². The molecule has 4 heteroatoms. The number of ether oxygens (including phenoxy) is 1. The van der Waals surface area contributed by atoms with Crippen LogP contribution in [0.5, 0.6) is 5.75 Å². The number of hydrogen-bond acceptors (Lipinski definition) is 3. The minimum absolute atomic E-state index is 0.613. The van der Waals surface area contributed by atoms with E-state index in [0.29, 0.717) is 6.42 Å². The van der Waals surface area contributed by atoms with Gasteiger partial charge in [-0.1, -0.05) is 26.2 Å². The van der Waals surface area contributed by atoms with Gasteiger partial charge < -0.3 is 15.2 Å². The number of aliphatic carboxylic acids is 1. The molecule has 1 aromatic carbocycles. The summed E-state index contributed by atoms with van der Waals surface area (Å²) < 4.78 is 5.08. The van der Waals surface area contributed by atoms with Crippen LogP contribution in [0.15, 0.2) is 24.3 Å². The van der Waals surface area contributed by atoms with E-state index in [0.717, 1.165) is 30.7 Å². The number of hydrogen-bond donors (Lipinski definition) is 2. The highest BCUT2D eigenvalue weighted by atomic mass is 16.5. The summed E-state index contributed by atoms with van der Waals surface area (Å²) in [7, 11) is 1.61. The Labute approximate surface area is 114 Å². The number of carbonyl (C=O) groups is 1. The van der Waals surface area contributed by atoms with Crippen molar-refractivity contribution in [1.82, 2.24) is 0 Å². The molecule has 0 saturated carbocycles. The van der Waals surface area contributed by atoms with Gasteiger partial charge in [-0.2, -0.15) is 0 Å². The molecule has 0 saturated heterocycles. The second-order valence-electron chi connectivity index (χ2n) is 4.95. The molecule has 0 bridgehead atoms. The molecular weight excluding hydrogens is 242 g/mol. The van der Waals surface area contributed by atoms with Gasteiger partial charge in [0.2, 0.25) is 0 Å². The number of rotatable bonds is 8. The molecule has 0 aromatic heterocycles. The summed E-state index contributed by atoms with van der Waals surface area (Å²) in [5.74, 6) is -0.0621. The average molecular weight is 265 g/mol. The molecule has 1 unspecified atom stereocenters. The van der Waals surface area contributed by atoms with Gasteiger partial charge in [0.25, 0.3) is 0 Å². The smallest absolute Gasteiger partial charge is 0.329 e. The predicted octanol–water partition coefficient (Wildman–Crippen LogP) is 3.53. The molecule has 0 radical (unpaired) electrons. The first-order valence-electron chi connectivity index (χ1n) is 6.67. The molecule has 4 nitrogen and oxygen atoms in total. The van der Waals surface area contributed by atoms with E-state index in [2.05, 4.69) is 12.2 Å². The van der Waals surface area contributed by atoms with E-state index in [1.807, 2.05) is 24.3 Å². The third-order valence-electron chi connectivity index (χ3n) is 3.26. The third kappa shape index (κ3) is 4.47. The molecule has 0 aliphatic rings. The zero-order valence-electron chi connectivity index (χ0n) is 11.9. The Hall–Kier alpha value is -1.71. The predicted molar refractivity (Wildman–Crippen MR) is 76.8 cm³/mol. The molecule has 1 atom stereocenters. The fourth-order valence-corrected chi connectivity index (χ4v) is 1.94. The van der Waals surface area contributed by atoms with Crippen LogP contribution < -0.4 is 10.1 Å². The summed E-state index contributed by atoms with van der Waals surface area (Å²) in [5, 5.41) is 12.5. The number of unbranched alkanes of at least 4 members (excludes halogenated alkanes) is 2. The molecule has 2 N–H and O–H groups in total. The standard InChI is InChI=1S/C15H23NO3/c1-4-5-6-11-15(2,14(17)18)16-12-7-9-13(19-3)10-8-12/h7-10,16H,4-6,11H2,1-3H3,(H,17,18). The number of anilines is 1. The zero-order chi connectivity index (χ0) is 14.3. The van der Waals surface area contributed by atoms with E-state index in [9.17, 15) is 9.90 Å². The topological polar surface area (TPSA) is 58.6 Å². The zero-order valence-corrected chi connectivity index (χ0v) is 11.9. The second-order valence-corrected chi connectivity index (χ2v) is 4.95. The Balaban J connectivity index is 2.73. The quantitative estimate of drug-likeness (QED) is 0.706. The Morgan fingerprint density at radius 1 is 1.32 bits per heavy atom. The van der Waals surface area contributed by atoms with Gasteiger partial charge in [-0.15, -0.1) is 0 Å². The lowest BCUT2D eigenvalue weighted by molar-refractivity contribution is -0.142. The van der Waals surface area contributed by atoms with Gasteiger partial charge in [0, 0.05) is 5.69 Å². The van der Waals surface area contributed by atoms with Crippen LogP contribution in [0.2, 0.25) is 0 Å². The Kier molecular flexibility index (Phi) is 5.67. The molecule has 0 aliphatic heterocycles. The van der Waals surface area contributed by atoms with Gasteiger partial charge in [0.1, 0.15) is 11.3 Å². The van der Waals surface area contributed by atoms with Gasteiger partial charge in [0.05, 0.1) is 7.11 Å².